The molecule has 0 amide bonds. The summed E-state index contributed by atoms with van der Waals surface area (Å²) < 4.78 is 5.44. The third kappa shape index (κ3) is 1.51. The van der Waals surface area contributed by atoms with Gasteiger partial charge in [-0.2, -0.15) is 0 Å². The minimum absolute atomic E-state index is 0.263. The maximum absolute atomic E-state index is 5.44. The van der Waals surface area contributed by atoms with Crippen LogP contribution >= 0.6 is 0 Å². The predicted octanol–water partition coefficient (Wildman–Crippen LogP) is 2.51. The zero-order valence-electron chi connectivity index (χ0n) is 8.55. The Morgan fingerprint density at radius 3 is 2.92 bits per heavy atom. The van der Waals surface area contributed by atoms with Gasteiger partial charge in [-0.3, -0.25) is 0 Å². The van der Waals surface area contributed by atoms with Gasteiger partial charge in [-0.1, -0.05) is 20.8 Å². The Hall–Kier alpha value is -0.760. The highest BCUT2D eigenvalue weighted by atomic mass is 16.3. The molecule has 0 aromatic carbocycles. The molecule has 0 saturated heterocycles. The molecule has 1 atom stereocenters. The Kier molecular flexibility index (Phi) is 1.95. The van der Waals surface area contributed by atoms with Gasteiger partial charge in [0.2, 0.25) is 0 Å². The lowest BCUT2D eigenvalue weighted by atomic mass is 9.80. The summed E-state index contributed by atoms with van der Waals surface area (Å²) in [6.45, 7) is 7.80. The summed E-state index contributed by atoms with van der Waals surface area (Å²) in [6, 6.07) is 2.53. The summed E-state index contributed by atoms with van der Waals surface area (Å²) in [7, 11) is 0. The lowest BCUT2D eigenvalue weighted by Gasteiger charge is -2.34. The van der Waals surface area contributed by atoms with Crippen molar-refractivity contribution < 1.29 is 4.42 Å². The van der Waals surface area contributed by atoms with Gasteiger partial charge < -0.3 is 9.73 Å². The van der Waals surface area contributed by atoms with Crippen LogP contribution in [0.3, 0.4) is 0 Å². The Morgan fingerprint density at radius 2 is 2.23 bits per heavy atom. The minimum Gasteiger partial charge on any atom is -0.469 e. The molecular weight excluding hydrogens is 162 g/mol. The number of furan rings is 1. The molecule has 1 N–H and O–H groups in total. The van der Waals surface area contributed by atoms with E-state index < -0.39 is 0 Å². The average molecular weight is 179 g/mol. The van der Waals surface area contributed by atoms with E-state index in [1.54, 1.807) is 6.26 Å². The summed E-state index contributed by atoms with van der Waals surface area (Å²) in [5, 5.41) is 3.54. The monoisotopic (exact) mass is 179 g/mol. The van der Waals surface area contributed by atoms with E-state index in [-0.39, 0.29) is 5.41 Å². The van der Waals surface area contributed by atoms with E-state index >= 15 is 0 Å². The van der Waals surface area contributed by atoms with E-state index in [0.29, 0.717) is 6.04 Å². The van der Waals surface area contributed by atoms with Gasteiger partial charge >= 0.3 is 0 Å². The molecule has 13 heavy (non-hydrogen) atoms. The SMILES string of the molecule is CC(C)(C)C1NCCc2occc21. The largest absolute Gasteiger partial charge is 0.469 e. The summed E-state index contributed by atoms with van der Waals surface area (Å²) in [6.07, 6.45) is 2.82. The quantitative estimate of drug-likeness (QED) is 0.662. The van der Waals surface area contributed by atoms with Crippen LogP contribution in [0.25, 0.3) is 0 Å². The lowest BCUT2D eigenvalue weighted by molar-refractivity contribution is 0.256. The number of hydrogen-bond donors (Lipinski definition) is 1. The molecule has 2 heteroatoms. The minimum atomic E-state index is 0.263. The Labute approximate surface area is 79.3 Å². The fraction of sp³-hybridized carbons (Fsp3) is 0.636. The Bertz CT molecular complexity index is 295. The van der Waals surface area contributed by atoms with Gasteiger partial charge in [0, 0.05) is 24.6 Å². The summed E-state index contributed by atoms with van der Waals surface area (Å²) in [5.74, 6) is 1.17. The molecule has 0 radical (unpaired) electrons. The molecular formula is C11H17NO. The second-order valence-corrected chi connectivity index (χ2v) is 4.80. The normalized spacial score (nSPS) is 22.8. The third-order valence-corrected chi connectivity index (χ3v) is 2.66. The van der Waals surface area contributed by atoms with E-state index in [1.807, 2.05) is 0 Å². The highest BCUT2D eigenvalue weighted by Gasteiger charge is 2.31. The molecule has 0 fully saturated rings. The van der Waals surface area contributed by atoms with Gasteiger partial charge in [0.05, 0.1) is 6.26 Å². The summed E-state index contributed by atoms with van der Waals surface area (Å²) in [5.41, 5.74) is 1.61. The molecule has 1 aromatic rings. The highest BCUT2D eigenvalue weighted by Crippen LogP contribution is 2.36. The van der Waals surface area contributed by atoms with Crippen molar-refractivity contribution in [1.82, 2.24) is 5.32 Å². The van der Waals surface area contributed by atoms with E-state index in [1.165, 1.54) is 11.3 Å². The molecule has 2 heterocycles. The van der Waals surface area contributed by atoms with Crippen LogP contribution in [0.15, 0.2) is 16.7 Å². The van der Waals surface area contributed by atoms with Crippen molar-refractivity contribution in [2.75, 3.05) is 6.54 Å². The van der Waals surface area contributed by atoms with Crippen LogP contribution in [0.2, 0.25) is 0 Å². The molecule has 2 rings (SSSR count). The second kappa shape index (κ2) is 2.88. The molecule has 0 spiro atoms. The molecule has 72 valence electrons. The molecule has 0 aliphatic carbocycles. The van der Waals surface area contributed by atoms with Crippen molar-refractivity contribution in [2.45, 2.75) is 33.2 Å². The van der Waals surface area contributed by atoms with Crippen LogP contribution in [-0.4, -0.2) is 6.54 Å². The zero-order chi connectivity index (χ0) is 9.47. The van der Waals surface area contributed by atoms with Gasteiger partial charge in [-0.05, 0) is 11.5 Å². The standard InChI is InChI=1S/C11H17NO/c1-11(2,3)10-8-5-7-13-9(8)4-6-12-10/h5,7,10,12H,4,6H2,1-3H3. The van der Waals surface area contributed by atoms with E-state index in [0.717, 1.165) is 13.0 Å². The van der Waals surface area contributed by atoms with Gasteiger partial charge in [0.25, 0.3) is 0 Å². The van der Waals surface area contributed by atoms with Crippen molar-refractivity contribution in [1.29, 1.82) is 0 Å². The molecule has 1 unspecified atom stereocenters. The van der Waals surface area contributed by atoms with E-state index in [9.17, 15) is 0 Å². The van der Waals surface area contributed by atoms with E-state index in [4.69, 9.17) is 4.42 Å². The average Bonchev–Trinajstić information content (AvgIpc) is 2.48. The van der Waals surface area contributed by atoms with Gasteiger partial charge in [-0.15, -0.1) is 0 Å². The first-order valence-corrected chi connectivity index (χ1v) is 4.88. The van der Waals surface area contributed by atoms with Crippen molar-refractivity contribution in [2.24, 2.45) is 5.41 Å². The fourth-order valence-electron chi connectivity index (χ4n) is 2.02. The number of rotatable bonds is 0. The molecule has 1 aromatic heterocycles. The lowest BCUT2D eigenvalue weighted by Crippen LogP contribution is -2.37. The van der Waals surface area contributed by atoms with Crippen molar-refractivity contribution in [3.63, 3.8) is 0 Å². The van der Waals surface area contributed by atoms with Crippen LogP contribution < -0.4 is 5.32 Å². The summed E-state index contributed by atoms with van der Waals surface area (Å²) in [4.78, 5) is 0. The zero-order valence-corrected chi connectivity index (χ0v) is 8.55. The van der Waals surface area contributed by atoms with Crippen molar-refractivity contribution in [3.8, 4) is 0 Å². The first-order chi connectivity index (χ1) is 6.09. The smallest absolute Gasteiger partial charge is 0.109 e. The molecule has 1 aliphatic rings. The molecule has 0 bridgehead atoms. The number of fused-ring (bicyclic) bond motifs is 1. The van der Waals surface area contributed by atoms with Crippen LogP contribution in [0.4, 0.5) is 0 Å². The van der Waals surface area contributed by atoms with Crippen LogP contribution in [0, 0.1) is 5.41 Å². The molecule has 1 aliphatic heterocycles. The molecule has 0 saturated carbocycles. The Morgan fingerprint density at radius 1 is 1.46 bits per heavy atom. The van der Waals surface area contributed by atoms with Crippen LogP contribution in [-0.2, 0) is 6.42 Å². The van der Waals surface area contributed by atoms with Gasteiger partial charge in [0.1, 0.15) is 5.76 Å². The van der Waals surface area contributed by atoms with Gasteiger partial charge in [-0.25, -0.2) is 0 Å². The summed E-state index contributed by atoms with van der Waals surface area (Å²) >= 11 is 0. The highest BCUT2D eigenvalue weighted by molar-refractivity contribution is 5.25. The first-order valence-electron chi connectivity index (χ1n) is 4.88. The Balaban J connectivity index is 2.35. The number of hydrogen-bond acceptors (Lipinski definition) is 2. The second-order valence-electron chi connectivity index (χ2n) is 4.80. The maximum Gasteiger partial charge on any atom is 0.109 e. The van der Waals surface area contributed by atoms with Crippen LogP contribution in [0.1, 0.15) is 38.1 Å². The van der Waals surface area contributed by atoms with E-state index in [2.05, 4.69) is 32.2 Å². The first kappa shape index (κ1) is 8.82. The van der Waals surface area contributed by atoms with Crippen LogP contribution in [0.5, 0.6) is 0 Å². The van der Waals surface area contributed by atoms with Crippen molar-refractivity contribution in [3.05, 3.63) is 23.7 Å². The van der Waals surface area contributed by atoms with Crippen molar-refractivity contribution >= 4 is 0 Å². The van der Waals surface area contributed by atoms with Gasteiger partial charge in [0.15, 0.2) is 0 Å². The number of nitrogens with one attached hydrogen (secondary N) is 1. The predicted molar refractivity (Wildman–Crippen MR) is 52.6 cm³/mol. The third-order valence-electron chi connectivity index (χ3n) is 2.66. The maximum atomic E-state index is 5.44. The molecule has 2 nitrogen and oxygen atoms in total. The topological polar surface area (TPSA) is 25.2 Å². The fourth-order valence-corrected chi connectivity index (χ4v) is 2.02.